The van der Waals surface area contributed by atoms with Crippen LogP contribution in [0.15, 0.2) is 39.5 Å². The molecule has 3 N–H and O–H groups in total. The third kappa shape index (κ3) is 3.14. The van der Waals surface area contributed by atoms with E-state index in [1.807, 2.05) is 0 Å². The van der Waals surface area contributed by atoms with Gasteiger partial charge in [-0.25, -0.2) is 0 Å². The lowest BCUT2D eigenvalue weighted by Crippen LogP contribution is -2.20. The van der Waals surface area contributed by atoms with Crippen molar-refractivity contribution in [3.8, 4) is 0 Å². The first-order chi connectivity index (χ1) is 12.9. The van der Waals surface area contributed by atoms with E-state index in [1.165, 1.54) is 11.3 Å². The van der Waals surface area contributed by atoms with E-state index in [0.717, 1.165) is 35.8 Å². The van der Waals surface area contributed by atoms with E-state index in [0.29, 0.717) is 27.5 Å². The van der Waals surface area contributed by atoms with E-state index >= 15 is 0 Å². The molecular weight excluding hydrogens is 364 g/mol. The van der Waals surface area contributed by atoms with Gasteiger partial charge < -0.3 is 15.5 Å². The van der Waals surface area contributed by atoms with E-state index in [4.69, 9.17) is 10.2 Å². The first kappa shape index (κ1) is 17.5. The molecule has 138 valence electrons. The maximum atomic E-state index is 12.7. The fourth-order valence-corrected chi connectivity index (χ4v) is 4.89. The van der Waals surface area contributed by atoms with Crippen LogP contribution in [0.1, 0.15) is 44.7 Å². The molecule has 2 heterocycles. The Morgan fingerprint density at radius 1 is 1.30 bits per heavy atom. The van der Waals surface area contributed by atoms with Crippen LogP contribution in [-0.2, 0) is 12.8 Å². The molecule has 1 aliphatic rings. The van der Waals surface area contributed by atoms with Gasteiger partial charge in [0.25, 0.3) is 11.8 Å². The Balaban J connectivity index is 1.71. The van der Waals surface area contributed by atoms with Crippen molar-refractivity contribution in [2.24, 2.45) is 11.7 Å². The van der Waals surface area contributed by atoms with Crippen LogP contribution in [0.2, 0.25) is 0 Å². The first-order valence-electron chi connectivity index (χ1n) is 8.72. The lowest BCUT2D eigenvalue weighted by Gasteiger charge is -2.18. The topological polar surface area (TPSA) is 102 Å². The predicted octanol–water partition coefficient (Wildman–Crippen LogP) is 3.33. The maximum Gasteiger partial charge on any atom is 0.292 e. The van der Waals surface area contributed by atoms with Crippen molar-refractivity contribution >= 4 is 39.1 Å². The molecule has 1 atom stereocenters. The van der Waals surface area contributed by atoms with Gasteiger partial charge >= 0.3 is 0 Å². The van der Waals surface area contributed by atoms with Gasteiger partial charge in [0.2, 0.25) is 0 Å². The molecular formula is C20H18N2O4S. The van der Waals surface area contributed by atoms with E-state index in [2.05, 4.69) is 12.2 Å². The smallest absolute Gasteiger partial charge is 0.292 e. The van der Waals surface area contributed by atoms with Crippen LogP contribution in [0.5, 0.6) is 0 Å². The molecule has 7 heteroatoms. The SMILES string of the molecule is CC1CCc2c(sc(NC(=O)c3cc(=O)c4ccccc4o3)c2C(N)=O)C1. The van der Waals surface area contributed by atoms with Gasteiger partial charge in [-0.05, 0) is 42.9 Å². The molecule has 3 aromatic rings. The molecule has 2 amide bonds. The van der Waals surface area contributed by atoms with E-state index in [9.17, 15) is 14.4 Å². The van der Waals surface area contributed by atoms with Gasteiger partial charge in [-0.2, -0.15) is 0 Å². The summed E-state index contributed by atoms with van der Waals surface area (Å²) in [5.74, 6) is -0.711. The minimum absolute atomic E-state index is 0.103. The highest BCUT2D eigenvalue weighted by molar-refractivity contribution is 7.17. The van der Waals surface area contributed by atoms with Gasteiger partial charge in [-0.3, -0.25) is 14.4 Å². The Labute approximate surface area is 159 Å². The quantitative estimate of drug-likeness (QED) is 0.725. The summed E-state index contributed by atoms with van der Waals surface area (Å²) in [5.41, 5.74) is 6.92. The summed E-state index contributed by atoms with van der Waals surface area (Å²) in [4.78, 5) is 38.0. The number of nitrogens with two attached hydrogens (primary N) is 1. The molecule has 1 aliphatic carbocycles. The van der Waals surface area contributed by atoms with Crippen molar-refractivity contribution in [2.45, 2.75) is 26.2 Å². The van der Waals surface area contributed by atoms with Gasteiger partial charge in [0, 0.05) is 10.9 Å². The number of rotatable bonds is 3. The summed E-state index contributed by atoms with van der Waals surface area (Å²) >= 11 is 1.37. The lowest BCUT2D eigenvalue weighted by atomic mass is 9.88. The lowest BCUT2D eigenvalue weighted by molar-refractivity contribution is 0.0997. The first-order valence-corrected chi connectivity index (χ1v) is 9.54. The highest BCUT2D eigenvalue weighted by Gasteiger charge is 2.27. The average molecular weight is 382 g/mol. The molecule has 0 saturated heterocycles. The summed E-state index contributed by atoms with van der Waals surface area (Å²) in [6, 6.07) is 7.90. The fraction of sp³-hybridized carbons (Fsp3) is 0.250. The summed E-state index contributed by atoms with van der Waals surface area (Å²) in [6.07, 6.45) is 2.62. The standard InChI is InChI=1S/C20H18N2O4S/c1-10-6-7-12-16(8-10)27-20(17(12)18(21)24)22-19(25)15-9-13(23)11-4-2-3-5-14(11)26-15/h2-5,9-10H,6-8H2,1H3,(H2,21,24)(H,22,25). The molecule has 0 fully saturated rings. The second-order valence-electron chi connectivity index (χ2n) is 6.85. The number of hydrogen-bond acceptors (Lipinski definition) is 5. The summed E-state index contributed by atoms with van der Waals surface area (Å²) < 4.78 is 5.57. The highest BCUT2D eigenvalue weighted by atomic mass is 32.1. The Kier molecular flexibility index (Phi) is 4.31. The zero-order valence-electron chi connectivity index (χ0n) is 14.7. The fourth-order valence-electron chi connectivity index (χ4n) is 3.48. The number of carbonyl (C=O) groups is 2. The number of hydrogen-bond donors (Lipinski definition) is 2. The van der Waals surface area contributed by atoms with Crippen molar-refractivity contribution in [2.75, 3.05) is 5.32 Å². The number of amides is 2. The van der Waals surface area contributed by atoms with Gasteiger partial charge in [-0.15, -0.1) is 11.3 Å². The zero-order chi connectivity index (χ0) is 19.1. The Morgan fingerprint density at radius 3 is 2.85 bits per heavy atom. The predicted molar refractivity (Wildman–Crippen MR) is 104 cm³/mol. The van der Waals surface area contributed by atoms with Crippen LogP contribution in [-0.4, -0.2) is 11.8 Å². The Bertz CT molecular complexity index is 1130. The van der Waals surface area contributed by atoms with Gasteiger partial charge in [0.1, 0.15) is 10.6 Å². The van der Waals surface area contributed by atoms with Gasteiger partial charge in [0.05, 0.1) is 10.9 Å². The van der Waals surface area contributed by atoms with Crippen molar-refractivity contribution in [3.05, 3.63) is 62.3 Å². The van der Waals surface area contributed by atoms with Crippen LogP contribution in [0, 0.1) is 5.92 Å². The van der Waals surface area contributed by atoms with E-state index in [-0.39, 0.29) is 11.2 Å². The second kappa shape index (κ2) is 6.66. The molecule has 1 unspecified atom stereocenters. The van der Waals surface area contributed by atoms with Crippen molar-refractivity contribution < 1.29 is 14.0 Å². The molecule has 1 aromatic carbocycles. The van der Waals surface area contributed by atoms with E-state index in [1.54, 1.807) is 24.3 Å². The van der Waals surface area contributed by atoms with Crippen LogP contribution in [0.25, 0.3) is 11.0 Å². The second-order valence-corrected chi connectivity index (χ2v) is 7.95. The van der Waals surface area contributed by atoms with Crippen LogP contribution < -0.4 is 16.5 Å². The summed E-state index contributed by atoms with van der Waals surface area (Å²) in [7, 11) is 0. The number of primary amides is 1. The van der Waals surface area contributed by atoms with Crippen LogP contribution in [0.3, 0.4) is 0 Å². The average Bonchev–Trinajstić information content (AvgIpc) is 2.98. The number of carbonyl (C=O) groups excluding carboxylic acids is 2. The molecule has 6 nitrogen and oxygen atoms in total. The van der Waals surface area contributed by atoms with Crippen LogP contribution in [0.4, 0.5) is 5.00 Å². The molecule has 0 aliphatic heterocycles. The van der Waals surface area contributed by atoms with Crippen molar-refractivity contribution in [1.29, 1.82) is 0 Å². The molecule has 27 heavy (non-hydrogen) atoms. The molecule has 0 radical (unpaired) electrons. The highest BCUT2D eigenvalue weighted by Crippen LogP contribution is 2.39. The number of nitrogens with one attached hydrogen (secondary N) is 1. The Morgan fingerprint density at radius 2 is 2.07 bits per heavy atom. The number of fused-ring (bicyclic) bond motifs is 2. The normalized spacial score (nSPS) is 16.1. The molecule has 0 saturated carbocycles. The minimum atomic E-state index is -0.577. The van der Waals surface area contributed by atoms with Gasteiger partial charge in [-0.1, -0.05) is 19.1 Å². The number of anilines is 1. The summed E-state index contributed by atoms with van der Waals surface area (Å²) in [5, 5.41) is 3.55. The van der Waals surface area contributed by atoms with Crippen molar-refractivity contribution in [3.63, 3.8) is 0 Å². The molecule has 0 bridgehead atoms. The Hall–Kier alpha value is -2.93. The zero-order valence-corrected chi connectivity index (χ0v) is 15.5. The third-order valence-corrected chi connectivity index (χ3v) is 6.01. The summed E-state index contributed by atoms with van der Waals surface area (Å²) in [6.45, 7) is 2.16. The number of thiophene rings is 1. The van der Waals surface area contributed by atoms with Crippen molar-refractivity contribution in [1.82, 2.24) is 0 Å². The largest absolute Gasteiger partial charge is 0.451 e. The number of para-hydroxylation sites is 1. The minimum Gasteiger partial charge on any atom is -0.451 e. The third-order valence-electron chi connectivity index (χ3n) is 4.84. The van der Waals surface area contributed by atoms with Crippen LogP contribution >= 0.6 is 11.3 Å². The molecule has 0 spiro atoms. The monoisotopic (exact) mass is 382 g/mol. The maximum absolute atomic E-state index is 12.7. The molecule has 4 rings (SSSR count). The number of benzene rings is 1. The van der Waals surface area contributed by atoms with E-state index < -0.39 is 11.8 Å². The van der Waals surface area contributed by atoms with Gasteiger partial charge in [0.15, 0.2) is 11.2 Å². The molecule has 2 aromatic heterocycles.